The fraction of sp³-hybridized carbons (Fsp3) is 0.625. The summed E-state index contributed by atoms with van der Waals surface area (Å²) in [6.45, 7) is 0.0476. The van der Waals surface area contributed by atoms with Gasteiger partial charge in [0, 0.05) is 0 Å². The molecular formula is C16H21F3O2. The van der Waals surface area contributed by atoms with Gasteiger partial charge in [-0.2, -0.15) is 13.2 Å². The maximum absolute atomic E-state index is 12.6. The summed E-state index contributed by atoms with van der Waals surface area (Å²) in [4.78, 5) is 0. The molecule has 0 bridgehead atoms. The van der Waals surface area contributed by atoms with Gasteiger partial charge in [-0.05, 0) is 30.5 Å². The first-order chi connectivity index (χ1) is 9.97. The first-order valence-corrected chi connectivity index (χ1v) is 7.43. The number of benzene rings is 1. The number of hydrogen-bond acceptors (Lipinski definition) is 2. The van der Waals surface area contributed by atoms with Gasteiger partial charge >= 0.3 is 6.18 Å². The third-order valence-corrected chi connectivity index (χ3v) is 3.89. The van der Waals surface area contributed by atoms with Crippen LogP contribution in [0.25, 0.3) is 0 Å². The molecule has 1 aromatic rings. The highest BCUT2D eigenvalue weighted by atomic mass is 19.4. The summed E-state index contributed by atoms with van der Waals surface area (Å²) in [5.41, 5.74) is -0.494. The predicted molar refractivity (Wildman–Crippen MR) is 73.8 cm³/mol. The molecule has 21 heavy (non-hydrogen) atoms. The molecule has 1 fully saturated rings. The summed E-state index contributed by atoms with van der Waals surface area (Å²) in [5, 5.41) is 10.0. The Labute approximate surface area is 122 Å². The van der Waals surface area contributed by atoms with Crippen LogP contribution >= 0.6 is 0 Å². The van der Waals surface area contributed by atoms with E-state index in [4.69, 9.17) is 4.74 Å². The summed E-state index contributed by atoms with van der Waals surface area (Å²) in [7, 11) is 0. The summed E-state index contributed by atoms with van der Waals surface area (Å²) in [6, 6.07) is 4.80. The molecule has 0 amide bonds. The molecule has 0 aliphatic heterocycles. The van der Waals surface area contributed by atoms with Crippen LogP contribution in [0.3, 0.4) is 0 Å². The number of hydrogen-bond donors (Lipinski definition) is 1. The van der Waals surface area contributed by atoms with Gasteiger partial charge in [-0.15, -0.1) is 0 Å². The molecule has 1 aliphatic rings. The zero-order valence-electron chi connectivity index (χ0n) is 11.9. The van der Waals surface area contributed by atoms with E-state index in [1.165, 1.54) is 25.0 Å². The van der Waals surface area contributed by atoms with Crippen molar-refractivity contribution >= 4 is 0 Å². The molecule has 2 nitrogen and oxygen atoms in total. The van der Waals surface area contributed by atoms with Crippen molar-refractivity contribution in [1.29, 1.82) is 0 Å². The Kier molecular flexibility index (Phi) is 5.65. The maximum atomic E-state index is 12.6. The van der Waals surface area contributed by atoms with Crippen molar-refractivity contribution < 1.29 is 23.0 Å². The van der Waals surface area contributed by atoms with Crippen LogP contribution in [0.5, 0.6) is 0 Å². The molecule has 0 spiro atoms. The average molecular weight is 302 g/mol. The first kappa shape index (κ1) is 16.3. The number of aliphatic hydroxyl groups is 1. The molecule has 1 saturated carbocycles. The summed E-state index contributed by atoms with van der Waals surface area (Å²) in [6.07, 6.45) is 1.28. The van der Waals surface area contributed by atoms with Gasteiger partial charge in [-0.1, -0.05) is 37.8 Å². The van der Waals surface area contributed by atoms with Gasteiger partial charge in [0.05, 0.1) is 18.3 Å². The van der Waals surface area contributed by atoms with Crippen molar-refractivity contribution in [3.05, 3.63) is 35.4 Å². The van der Waals surface area contributed by atoms with Crippen LogP contribution in [0.15, 0.2) is 24.3 Å². The zero-order valence-corrected chi connectivity index (χ0v) is 11.9. The lowest BCUT2D eigenvalue weighted by Gasteiger charge is -2.19. The van der Waals surface area contributed by atoms with Gasteiger partial charge in [0.1, 0.15) is 6.10 Å². The van der Waals surface area contributed by atoms with E-state index in [-0.39, 0.29) is 18.3 Å². The van der Waals surface area contributed by atoms with E-state index in [1.54, 1.807) is 0 Å². The molecule has 0 radical (unpaired) electrons. The molecule has 118 valence electrons. The van der Waals surface area contributed by atoms with E-state index in [2.05, 4.69) is 0 Å². The lowest BCUT2D eigenvalue weighted by atomic mass is 10.1. The number of halogens is 3. The normalized spacial score (nSPS) is 19.2. The van der Waals surface area contributed by atoms with Crippen molar-refractivity contribution in [2.75, 3.05) is 6.61 Å². The lowest BCUT2D eigenvalue weighted by Crippen LogP contribution is -2.17. The smallest absolute Gasteiger partial charge is 0.386 e. The van der Waals surface area contributed by atoms with Gasteiger partial charge in [0.2, 0.25) is 0 Å². The van der Waals surface area contributed by atoms with Crippen LogP contribution < -0.4 is 0 Å². The first-order valence-electron chi connectivity index (χ1n) is 7.43. The van der Waals surface area contributed by atoms with E-state index < -0.39 is 17.8 Å². The van der Waals surface area contributed by atoms with E-state index >= 15 is 0 Å². The second-order valence-electron chi connectivity index (χ2n) is 5.59. The summed E-state index contributed by atoms with van der Waals surface area (Å²) < 4.78 is 43.6. The van der Waals surface area contributed by atoms with Crippen LogP contribution in [0.2, 0.25) is 0 Å². The molecule has 0 heterocycles. The number of aliphatic hydroxyl groups excluding tert-OH is 1. The van der Waals surface area contributed by atoms with Crippen LogP contribution in [0.4, 0.5) is 13.2 Å². The summed E-state index contributed by atoms with van der Waals surface area (Å²) >= 11 is 0. The standard InChI is InChI=1S/C16H21F3O2/c17-16(18,19)13-7-5-6-12(10-13)15(20)11-21-14-8-3-1-2-4-9-14/h5-7,10,14-15,20H,1-4,8-9,11H2. The van der Waals surface area contributed by atoms with Crippen LogP contribution in [-0.4, -0.2) is 17.8 Å². The lowest BCUT2D eigenvalue weighted by molar-refractivity contribution is -0.137. The minimum Gasteiger partial charge on any atom is -0.386 e. The van der Waals surface area contributed by atoms with E-state index in [0.29, 0.717) is 0 Å². The Balaban J connectivity index is 1.92. The molecule has 1 aromatic carbocycles. The minimum atomic E-state index is -4.39. The molecule has 0 aromatic heterocycles. The van der Waals surface area contributed by atoms with Gasteiger partial charge in [-0.3, -0.25) is 0 Å². The Bertz CT molecular complexity index is 437. The van der Waals surface area contributed by atoms with Crippen molar-refractivity contribution in [2.24, 2.45) is 0 Å². The molecule has 0 saturated heterocycles. The van der Waals surface area contributed by atoms with Gasteiger partial charge in [-0.25, -0.2) is 0 Å². The highest BCUT2D eigenvalue weighted by molar-refractivity contribution is 5.27. The Morgan fingerprint density at radius 2 is 1.81 bits per heavy atom. The highest BCUT2D eigenvalue weighted by Gasteiger charge is 2.30. The zero-order chi connectivity index (χ0) is 15.3. The van der Waals surface area contributed by atoms with E-state index in [9.17, 15) is 18.3 Å². The average Bonchev–Trinajstić information content (AvgIpc) is 2.72. The van der Waals surface area contributed by atoms with Gasteiger partial charge in [0.15, 0.2) is 0 Å². The highest BCUT2D eigenvalue weighted by Crippen LogP contribution is 2.31. The largest absolute Gasteiger partial charge is 0.416 e. The monoisotopic (exact) mass is 302 g/mol. The quantitative estimate of drug-likeness (QED) is 0.831. The predicted octanol–water partition coefficient (Wildman–Crippen LogP) is 4.48. The number of rotatable bonds is 4. The van der Waals surface area contributed by atoms with Crippen LogP contribution in [0, 0.1) is 0 Å². The minimum absolute atomic E-state index is 0.0476. The summed E-state index contributed by atoms with van der Waals surface area (Å²) in [5.74, 6) is 0. The van der Waals surface area contributed by atoms with Gasteiger partial charge < -0.3 is 9.84 Å². The van der Waals surface area contributed by atoms with E-state index in [0.717, 1.165) is 37.8 Å². The molecule has 1 unspecified atom stereocenters. The third kappa shape index (κ3) is 5.00. The van der Waals surface area contributed by atoms with Crippen molar-refractivity contribution in [3.8, 4) is 0 Å². The molecule has 2 rings (SSSR count). The fourth-order valence-electron chi connectivity index (χ4n) is 2.65. The second-order valence-corrected chi connectivity index (χ2v) is 5.59. The third-order valence-electron chi connectivity index (χ3n) is 3.89. The van der Waals surface area contributed by atoms with Crippen LogP contribution in [0.1, 0.15) is 55.8 Å². The van der Waals surface area contributed by atoms with Crippen molar-refractivity contribution in [3.63, 3.8) is 0 Å². The SMILES string of the molecule is OC(COC1CCCCCC1)c1cccc(C(F)(F)F)c1. The van der Waals surface area contributed by atoms with Crippen molar-refractivity contribution in [2.45, 2.75) is 56.9 Å². The Morgan fingerprint density at radius 3 is 2.43 bits per heavy atom. The van der Waals surface area contributed by atoms with Crippen LogP contribution in [-0.2, 0) is 10.9 Å². The Hall–Kier alpha value is -1.07. The van der Waals surface area contributed by atoms with Gasteiger partial charge in [0.25, 0.3) is 0 Å². The molecule has 1 N–H and O–H groups in total. The van der Waals surface area contributed by atoms with Crippen molar-refractivity contribution in [1.82, 2.24) is 0 Å². The Morgan fingerprint density at radius 1 is 1.14 bits per heavy atom. The van der Waals surface area contributed by atoms with E-state index in [1.807, 2.05) is 0 Å². The topological polar surface area (TPSA) is 29.5 Å². The number of ether oxygens (including phenoxy) is 1. The molecule has 1 aliphatic carbocycles. The molecule has 5 heteroatoms. The number of alkyl halides is 3. The molecule has 1 atom stereocenters. The maximum Gasteiger partial charge on any atom is 0.416 e. The molecular weight excluding hydrogens is 281 g/mol. The fourth-order valence-corrected chi connectivity index (χ4v) is 2.65. The second kappa shape index (κ2) is 7.27.